The molecular formula is C18H18N4O2. The standard InChI is InChI=1S/C18H18N4O2/c1-11-8-9-15(20-16(11)19-4)22-10-13-12(17(23)21-24)6-5-7-14(13)18(22,2)3/h5-9,24H,10H2,1-3H3,(H,21,23). The molecule has 0 unspecified atom stereocenters. The van der Waals surface area contributed by atoms with Gasteiger partial charge in [-0.15, -0.1) is 4.98 Å². The minimum absolute atomic E-state index is 0.382. The minimum atomic E-state index is -0.525. The highest BCUT2D eigenvalue weighted by atomic mass is 16.5. The van der Waals surface area contributed by atoms with Gasteiger partial charge in [0.15, 0.2) is 0 Å². The lowest BCUT2D eigenvalue weighted by Crippen LogP contribution is -2.35. The number of aromatic nitrogens is 1. The number of amides is 1. The Hall–Kier alpha value is -2.91. The van der Waals surface area contributed by atoms with E-state index in [4.69, 9.17) is 11.8 Å². The van der Waals surface area contributed by atoms with E-state index in [1.165, 1.54) is 0 Å². The van der Waals surface area contributed by atoms with Gasteiger partial charge in [0.2, 0.25) is 5.82 Å². The van der Waals surface area contributed by atoms with E-state index in [0.717, 1.165) is 16.7 Å². The van der Waals surface area contributed by atoms with Crippen molar-refractivity contribution >= 4 is 17.5 Å². The summed E-state index contributed by atoms with van der Waals surface area (Å²) in [6.07, 6.45) is 0. The zero-order valence-electron chi connectivity index (χ0n) is 13.8. The van der Waals surface area contributed by atoms with Gasteiger partial charge in [-0.25, -0.2) is 5.48 Å². The Bertz CT molecular complexity index is 868. The Balaban J connectivity index is 2.11. The molecule has 122 valence electrons. The molecule has 0 saturated heterocycles. The Morgan fingerprint density at radius 2 is 2.12 bits per heavy atom. The van der Waals surface area contributed by atoms with Crippen molar-refractivity contribution in [3.63, 3.8) is 0 Å². The molecule has 1 aliphatic heterocycles. The SMILES string of the molecule is [C-]#[N+]c1nc(N2Cc3c(C(=O)NO)cccc3C2(C)C)ccc1C. The number of aryl methyl sites for hydroxylation is 1. The average molecular weight is 322 g/mol. The topological polar surface area (TPSA) is 69.8 Å². The van der Waals surface area contributed by atoms with Gasteiger partial charge < -0.3 is 9.74 Å². The van der Waals surface area contributed by atoms with Crippen molar-refractivity contribution in [3.05, 3.63) is 64.0 Å². The van der Waals surface area contributed by atoms with Crippen LogP contribution in [-0.4, -0.2) is 16.1 Å². The molecule has 2 N–H and O–H groups in total. The lowest BCUT2D eigenvalue weighted by atomic mass is 9.91. The third-order valence-corrected chi connectivity index (χ3v) is 4.61. The van der Waals surface area contributed by atoms with E-state index in [-0.39, 0.29) is 5.54 Å². The fourth-order valence-electron chi connectivity index (χ4n) is 3.24. The van der Waals surface area contributed by atoms with E-state index >= 15 is 0 Å². The number of hydrogen-bond donors (Lipinski definition) is 2. The lowest BCUT2D eigenvalue weighted by Gasteiger charge is -2.31. The van der Waals surface area contributed by atoms with E-state index < -0.39 is 5.91 Å². The quantitative estimate of drug-likeness (QED) is 0.505. The highest BCUT2D eigenvalue weighted by Crippen LogP contribution is 2.43. The second-order valence-electron chi connectivity index (χ2n) is 6.34. The monoisotopic (exact) mass is 322 g/mol. The molecule has 0 atom stereocenters. The summed E-state index contributed by atoms with van der Waals surface area (Å²) in [6, 6.07) is 9.26. The first-order chi connectivity index (χ1) is 11.4. The Kier molecular flexibility index (Phi) is 3.74. The second kappa shape index (κ2) is 5.62. The molecule has 0 bridgehead atoms. The molecule has 0 aliphatic carbocycles. The summed E-state index contributed by atoms with van der Waals surface area (Å²) in [6.45, 7) is 13.7. The van der Waals surface area contributed by atoms with Crippen LogP contribution in [0.3, 0.4) is 0 Å². The first kappa shape index (κ1) is 16.0. The first-order valence-corrected chi connectivity index (χ1v) is 7.59. The fraction of sp³-hybridized carbons (Fsp3) is 0.278. The third kappa shape index (κ3) is 2.30. The molecule has 0 spiro atoms. The summed E-state index contributed by atoms with van der Waals surface area (Å²) in [4.78, 5) is 21.9. The van der Waals surface area contributed by atoms with Crippen LogP contribution >= 0.6 is 0 Å². The molecule has 1 amide bonds. The Morgan fingerprint density at radius 1 is 1.38 bits per heavy atom. The molecule has 1 aromatic heterocycles. The van der Waals surface area contributed by atoms with Gasteiger partial charge in [0.1, 0.15) is 0 Å². The van der Waals surface area contributed by atoms with Crippen molar-refractivity contribution in [2.75, 3.05) is 4.90 Å². The summed E-state index contributed by atoms with van der Waals surface area (Å²) >= 11 is 0. The van der Waals surface area contributed by atoms with Crippen molar-refractivity contribution in [1.82, 2.24) is 10.5 Å². The van der Waals surface area contributed by atoms with Gasteiger partial charge in [0.25, 0.3) is 11.7 Å². The molecule has 2 aromatic rings. The number of pyridine rings is 1. The summed E-state index contributed by atoms with van der Waals surface area (Å²) in [5.74, 6) is 0.555. The molecule has 1 aliphatic rings. The van der Waals surface area contributed by atoms with Crippen molar-refractivity contribution in [2.24, 2.45) is 0 Å². The molecule has 3 rings (SSSR count). The molecule has 2 heterocycles. The summed E-state index contributed by atoms with van der Waals surface area (Å²) in [7, 11) is 0. The summed E-state index contributed by atoms with van der Waals surface area (Å²) in [5.41, 5.74) is 4.47. The van der Waals surface area contributed by atoms with Gasteiger partial charge in [-0.2, -0.15) is 0 Å². The maximum atomic E-state index is 11.9. The molecule has 0 saturated carbocycles. The number of anilines is 1. The zero-order valence-corrected chi connectivity index (χ0v) is 13.8. The van der Waals surface area contributed by atoms with Crippen molar-refractivity contribution in [2.45, 2.75) is 32.9 Å². The third-order valence-electron chi connectivity index (χ3n) is 4.61. The van der Waals surface area contributed by atoms with Crippen LogP contribution in [0.1, 0.15) is 40.9 Å². The summed E-state index contributed by atoms with van der Waals surface area (Å²) < 4.78 is 0. The van der Waals surface area contributed by atoms with Crippen molar-refractivity contribution < 1.29 is 10.0 Å². The fourth-order valence-corrected chi connectivity index (χ4v) is 3.24. The number of rotatable bonds is 2. The number of nitrogens with one attached hydrogen (secondary N) is 1. The second-order valence-corrected chi connectivity index (χ2v) is 6.34. The van der Waals surface area contributed by atoms with E-state index in [1.807, 2.05) is 31.2 Å². The molecular weight excluding hydrogens is 304 g/mol. The number of benzene rings is 1. The highest BCUT2D eigenvalue weighted by Gasteiger charge is 2.41. The number of fused-ring (bicyclic) bond motifs is 1. The molecule has 6 nitrogen and oxygen atoms in total. The van der Waals surface area contributed by atoms with Crippen LogP contribution in [0.15, 0.2) is 30.3 Å². The van der Waals surface area contributed by atoms with Gasteiger partial charge in [0.05, 0.1) is 5.54 Å². The number of carbonyl (C=O) groups is 1. The van der Waals surface area contributed by atoms with E-state index in [2.05, 4.69) is 28.6 Å². The number of hydroxylamine groups is 1. The predicted molar refractivity (Wildman–Crippen MR) is 90.1 cm³/mol. The van der Waals surface area contributed by atoms with Gasteiger partial charge in [-0.1, -0.05) is 24.8 Å². The molecule has 6 heteroatoms. The van der Waals surface area contributed by atoms with Gasteiger partial charge in [-0.05, 0) is 43.5 Å². The highest BCUT2D eigenvalue weighted by molar-refractivity contribution is 5.95. The van der Waals surface area contributed by atoms with Crippen molar-refractivity contribution in [1.29, 1.82) is 0 Å². The van der Waals surface area contributed by atoms with E-state index in [0.29, 0.717) is 23.7 Å². The molecule has 1 aromatic carbocycles. The average Bonchev–Trinajstić information content (AvgIpc) is 2.86. The normalized spacial score (nSPS) is 14.9. The first-order valence-electron chi connectivity index (χ1n) is 7.59. The number of carbonyl (C=O) groups excluding carboxylic acids is 1. The van der Waals surface area contributed by atoms with Crippen LogP contribution in [0.4, 0.5) is 11.6 Å². The molecule has 0 fully saturated rings. The van der Waals surface area contributed by atoms with E-state index in [1.54, 1.807) is 11.5 Å². The molecule has 24 heavy (non-hydrogen) atoms. The molecule has 0 radical (unpaired) electrons. The predicted octanol–water partition coefficient (Wildman–Crippen LogP) is 3.32. The Labute approximate surface area is 140 Å². The van der Waals surface area contributed by atoms with Crippen LogP contribution in [0, 0.1) is 13.5 Å². The van der Waals surface area contributed by atoms with Gasteiger partial charge >= 0.3 is 0 Å². The Morgan fingerprint density at radius 3 is 2.79 bits per heavy atom. The van der Waals surface area contributed by atoms with Crippen LogP contribution in [-0.2, 0) is 12.1 Å². The minimum Gasteiger partial charge on any atom is -0.360 e. The van der Waals surface area contributed by atoms with Crippen LogP contribution < -0.4 is 10.4 Å². The maximum Gasteiger partial charge on any atom is 0.274 e. The largest absolute Gasteiger partial charge is 0.360 e. The van der Waals surface area contributed by atoms with Crippen LogP contribution in [0.5, 0.6) is 0 Å². The zero-order chi connectivity index (χ0) is 17.5. The summed E-state index contributed by atoms with van der Waals surface area (Å²) in [5, 5.41) is 8.97. The lowest BCUT2D eigenvalue weighted by molar-refractivity contribution is 0.0705. The number of hydrogen-bond acceptors (Lipinski definition) is 4. The van der Waals surface area contributed by atoms with Crippen LogP contribution in [0.2, 0.25) is 0 Å². The smallest absolute Gasteiger partial charge is 0.274 e. The van der Waals surface area contributed by atoms with E-state index in [9.17, 15) is 4.79 Å². The number of nitrogens with zero attached hydrogens (tertiary/aromatic N) is 3. The van der Waals surface area contributed by atoms with Crippen molar-refractivity contribution in [3.8, 4) is 0 Å². The van der Waals surface area contributed by atoms with Gasteiger partial charge in [0, 0.05) is 18.2 Å². The maximum absolute atomic E-state index is 11.9. The van der Waals surface area contributed by atoms with Gasteiger partial charge in [-0.3, -0.25) is 10.0 Å². The van der Waals surface area contributed by atoms with Crippen LogP contribution in [0.25, 0.3) is 4.85 Å².